The van der Waals surface area contributed by atoms with Gasteiger partial charge in [-0.05, 0) is 40.0 Å². The molecular weight excluding hydrogens is 288 g/mol. The van der Waals surface area contributed by atoms with Gasteiger partial charge in [-0.15, -0.1) is 0 Å². The zero-order valence-electron chi connectivity index (χ0n) is 14.5. The van der Waals surface area contributed by atoms with Crippen LogP contribution in [0.5, 0.6) is 0 Å². The molecule has 0 aromatic rings. The van der Waals surface area contributed by atoms with Crippen molar-refractivity contribution in [2.45, 2.75) is 65.6 Å². The molecule has 2 amide bonds. The summed E-state index contributed by atoms with van der Waals surface area (Å²) < 4.78 is 9.71. The van der Waals surface area contributed by atoms with Gasteiger partial charge in [-0.3, -0.25) is 4.79 Å². The normalized spacial score (nSPS) is 14.0. The van der Waals surface area contributed by atoms with E-state index in [2.05, 4.69) is 15.4 Å². The predicted molar refractivity (Wildman–Crippen MR) is 82.2 cm³/mol. The van der Waals surface area contributed by atoms with Gasteiger partial charge in [-0.25, -0.2) is 9.59 Å². The monoisotopic (exact) mass is 316 g/mol. The summed E-state index contributed by atoms with van der Waals surface area (Å²) in [6.07, 6.45) is -0.238. The van der Waals surface area contributed by atoms with Crippen LogP contribution in [-0.4, -0.2) is 42.8 Å². The number of ether oxygens (including phenoxy) is 2. The number of hydrogen-bond acceptors (Lipinski definition) is 5. The predicted octanol–water partition coefficient (Wildman–Crippen LogP) is 1.60. The lowest BCUT2D eigenvalue weighted by atomic mass is 10.0. The van der Waals surface area contributed by atoms with E-state index in [0.29, 0.717) is 6.42 Å². The molecule has 0 aliphatic carbocycles. The zero-order chi connectivity index (χ0) is 17.5. The molecule has 0 radical (unpaired) electrons. The van der Waals surface area contributed by atoms with E-state index >= 15 is 0 Å². The molecule has 0 aromatic carbocycles. The second-order valence-electron chi connectivity index (χ2n) is 6.58. The van der Waals surface area contributed by atoms with Crippen LogP contribution in [-0.2, 0) is 19.1 Å². The summed E-state index contributed by atoms with van der Waals surface area (Å²) in [6.45, 7) is 10.6. The summed E-state index contributed by atoms with van der Waals surface area (Å²) in [6, 6.07) is -1.56. The summed E-state index contributed by atoms with van der Waals surface area (Å²) in [4.78, 5) is 35.4. The van der Waals surface area contributed by atoms with Gasteiger partial charge < -0.3 is 20.1 Å². The summed E-state index contributed by atoms with van der Waals surface area (Å²) in [5.41, 5.74) is -0.651. The highest BCUT2D eigenvalue weighted by atomic mass is 16.6. The van der Waals surface area contributed by atoms with E-state index in [1.165, 1.54) is 14.0 Å². The third-order valence-corrected chi connectivity index (χ3v) is 2.63. The highest BCUT2D eigenvalue weighted by Gasteiger charge is 2.27. The fraction of sp³-hybridized carbons (Fsp3) is 0.800. The van der Waals surface area contributed by atoms with Gasteiger partial charge in [0.25, 0.3) is 0 Å². The Morgan fingerprint density at radius 2 is 1.59 bits per heavy atom. The summed E-state index contributed by atoms with van der Waals surface area (Å²) in [7, 11) is 1.25. The molecule has 0 rings (SSSR count). The fourth-order valence-corrected chi connectivity index (χ4v) is 1.70. The van der Waals surface area contributed by atoms with Crippen LogP contribution in [0.2, 0.25) is 0 Å². The first kappa shape index (κ1) is 20.2. The Morgan fingerprint density at radius 3 is 2.00 bits per heavy atom. The van der Waals surface area contributed by atoms with Crippen molar-refractivity contribution in [1.29, 1.82) is 0 Å². The molecule has 0 saturated carbocycles. The molecule has 0 saturated heterocycles. The number of hydrogen-bond donors (Lipinski definition) is 2. The lowest BCUT2D eigenvalue weighted by Gasteiger charge is -2.25. The lowest BCUT2D eigenvalue weighted by molar-refractivity contribution is -0.144. The molecule has 0 bridgehead atoms. The number of amides is 2. The van der Waals surface area contributed by atoms with Crippen molar-refractivity contribution in [1.82, 2.24) is 10.6 Å². The standard InChI is InChI=1S/C15H28N2O5/c1-9(2)8-11(17-14(20)22-15(4,5)6)12(18)16-10(3)13(19)21-7/h9-11H,8H2,1-7H3,(H,16,18)(H,17,20)/t10-,11+/m1/s1. The minimum absolute atomic E-state index is 0.180. The fourth-order valence-electron chi connectivity index (χ4n) is 1.70. The van der Waals surface area contributed by atoms with Crippen molar-refractivity contribution >= 4 is 18.0 Å². The summed E-state index contributed by atoms with van der Waals surface area (Å²) in [5, 5.41) is 5.06. The average molecular weight is 316 g/mol. The van der Waals surface area contributed by atoms with Crippen LogP contribution in [0.15, 0.2) is 0 Å². The minimum Gasteiger partial charge on any atom is -0.467 e. The molecule has 0 heterocycles. The number of esters is 1. The van der Waals surface area contributed by atoms with Crippen molar-refractivity contribution in [3.8, 4) is 0 Å². The molecule has 2 atom stereocenters. The zero-order valence-corrected chi connectivity index (χ0v) is 14.5. The van der Waals surface area contributed by atoms with E-state index in [0.717, 1.165) is 0 Å². The van der Waals surface area contributed by atoms with Gasteiger partial charge in [0.1, 0.15) is 17.7 Å². The van der Waals surface area contributed by atoms with E-state index in [9.17, 15) is 14.4 Å². The van der Waals surface area contributed by atoms with E-state index in [4.69, 9.17) is 4.74 Å². The van der Waals surface area contributed by atoms with Crippen LogP contribution >= 0.6 is 0 Å². The number of rotatable bonds is 6. The van der Waals surface area contributed by atoms with E-state index in [1.54, 1.807) is 20.8 Å². The Bertz CT molecular complexity index is 401. The second kappa shape index (κ2) is 8.60. The van der Waals surface area contributed by atoms with Crippen LogP contribution in [0, 0.1) is 5.92 Å². The Hall–Kier alpha value is -1.79. The summed E-state index contributed by atoms with van der Waals surface area (Å²) >= 11 is 0. The van der Waals surface area contributed by atoms with Gasteiger partial charge in [0, 0.05) is 0 Å². The highest BCUT2D eigenvalue weighted by Crippen LogP contribution is 2.09. The van der Waals surface area contributed by atoms with Gasteiger partial charge in [0.15, 0.2) is 0 Å². The second-order valence-corrected chi connectivity index (χ2v) is 6.58. The van der Waals surface area contributed by atoms with Crippen molar-refractivity contribution in [2.75, 3.05) is 7.11 Å². The van der Waals surface area contributed by atoms with Gasteiger partial charge >= 0.3 is 12.1 Å². The molecule has 0 unspecified atom stereocenters. The molecule has 0 spiro atoms. The first-order chi connectivity index (χ1) is 9.96. The Balaban J connectivity index is 4.79. The highest BCUT2D eigenvalue weighted by molar-refractivity contribution is 5.89. The average Bonchev–Trinajstić information content (AvgIpc) is 2.33. The molecular formula is C15H28N2O5. The first-order valence-corrected chi connectivity index (χ1v) is 7.34. The number of alkyl carbamates (subject to hydrolysis) is 1. The maximum Gasteiger partial charge on any atom is 0.408 e. The third-order valence-electron chi connectivity index (χ3n) is 2.63. The van der Waals surface area contributed by atoms with Crippen LogP contribution in [0.4, 0.5) is 4.79 Å². The quantitative estimate of drug-likeness (QED) is 0.726. The Morgan fingerprint density at radius 1 is 1.05 bits per heavy atom. The van der Waals surface area contributed by atoms with Crippen LogP contribution in [0.1, 0.15) is 48.0 Å². The maximum absolute atomic E-state index is 12.2. The molecule has 0 aromatic heterocycles. The van der Waals surface area contributed by atoms with E-state index < -0.39 is 35.7 Å². The van der Waals surface area contributed by atoms with Gasteiger partial charge in [-0.2, -0.15) is 0 Å². The van der Waals surface area contributed by atoms with Crippen LogP contribution < -0.4 is 10.6 Å². The molecule has 0 fully saturated rings. The molecule has 0 aliphatic rings. The van der Waals surface area contributed by atoms with Crippen LogP contribution in [0.3, 0.4) is 0 Å². The first-order valence-electron chi connectivity index (χ1n) is 7.34. The molecule has 7 nitrogen and oxygen atoms in total. The van der Waals surface area contributed by atoms with Gasteiger partial charge in [0.05, 0.1) is 7.11 Å². The van der Waals surface area contributed by atoms with Crippen molar-refractivity contribution in [3.63, 3.8) is 0 Å². The molecule has 2 N–H and O–H groups in total. The SMILES string of the molecule is COC(=O)[C@@H](C)NC(=O)[C@H](CC(C)C)NC(=O)OC(C)(C)C. The summed E-state index contributed by atoms with van der Waals surface area (Å²) in [5.74, 6) is -0.814. The topological polar surface area (TPSA) is 93.7 Å². The van der Waals surface area contributed by atoms with Crippen molar-refractivity contribution < 1.29 is 23.9 Å². The van der Waals surface area contributed by atoms with E-state index in [1.807, 2.05) is 13.8 Å². The molecule has 22 heavy (non-hydrogen) atoms. The van der Waals surface area contributed by atoms with Gasteiger partial charge in [0.2, 0.25) is 5.91 Å². The molecule has 7 heteroatoms. The smallest absolute Gasteiger partial charge is 0.408 e. The number of carbonyl (C=O) groups excluding carboxylic acids is 3. The van der Waals surface area contributed by atoms with Gasteiger partial charge in [-0.1, -0.05) is 13.8 Å². The molecule has 128 valence electrons. The Kier molecular flexibility index (Phi) is 7.90. The van der Waals surface area contributed by atoms with Crippen LogP contribution in [0.25, 0.3) is 0 Å². The lowest BCUT2D eigenvalue weighted by Crippen LogP contribution is -2.52. The number of methoxy groups -OCH3 is 1. The number of nitrogens with one attached hydrogen (secondary N) is 2. The minimum atomic E-state index is -0.785. The van der Waals surface area contributed by atoms with Crippen molar-refractivity contribution in [3.05, 3.63) is 0 Å². The largest absolute Gasteiger partial charge is 0.467 e. The number of carbonyl (C=O) groups is 3. The van der Waals surface area contributed by atoms with Crippen molar-refractivity contribution in [2.24, 2.45) is 5.92 Å². The van der Waals surface area contributed by atoms with E-state index in [-0.39, 0.29) is 5.92 Å². The molecule has 0 aliphatic heterocycles. The third kappa shape index (κ3) is 8.49. The maximum atomic E-state index is 12.2. The Labute approximate surface area is 132 Å².